The minimum absolute atomic E-state index is 0.511. The number of aryl methyl sites for hydroxylation is 1. The van der Waals surface area contributed by atoms with Crippen molar-refractivity contribution in [1.29, 1.82) is 0 Å². The Hall–Kier alpha value is -1.58. The van der Waals surface area contributed by atoms with Crippen LogP contribution in [0.2, 0.25) is 5.15 Å². The Balaban J connectivity index is 1.90. The van der Waals surface area contributed by atoms with Crippen molar-refractivity contribution >= 4 is 34.1 Å². The Morgan fingerprint density at radius 3 is 2.62 bits per heavy atom. The van der Waals surface area contributed by atoms with Crippen LogP contribution in [0.4, 0.5) is 0 Å². The third kappa shape index (κ3) is 3.55. The molecule has 0 unspecified atom stereocenters. The van der Waals surface area contributed by atoms with Crippen LogP contribution in [0.15, 0.2) is 58.5 Å². The summed E-state index contributed by atoms with van der Waals surface area (Å²) < 4.78 is 0. The van der Waals surface area contributed by atoms with Crippen molar-refractivity contribution < 1.29 is 0 Å². The molecule has 0 aliphatic carbocycles. The molecule has 1 aromatic heterocycles. The lowest BCUT2D eigenvalue weighted by Crippen LogP contribution is -1.96. The minimum Gasteiger partial charge on any atom is -0.226 e. The highest BCUT2D eigenvalue weighted by molar-refractivity contribution is 7.99. The van der Waals surface area contributed by atoms with Gasteiger partial charge in [-0.3, -0.25) is 0 Å². The van der Waals surface area contributed by atoms with Gasteiger partial charge < -0.3 is 0 Å². The summed E-state index contributed by atoms with van der Waals surface area (Å²) in [5.41, 5.74) is 0. The van der Waals surface area contributed by atoms with Crippen LogP contribution >= 0.6 is 23.4 Å². The lowest BCUT2D eigenvalue weighted by molar-refractivity contribution is 0.810. The molecule has 3 aromatic rings. The first-order chi connectivity index (χ1) is 10.2. The van der Waals surface area contributed by atoms with Crippen LogP contribution in [-0.4, -0.2) is 9.97 Å². The lowest BCUT2D eigenvalue weighted by Gasteiger charge is -2.05. The van der Waals surface area contributed by atoms with Gasteiger partial charge in [0, 0.05) is 17.4 Å². The lowest BCUT2D eigenvalue weighted by atomic mass is 10.1. The van der Waals surface area contributed by atoms with Gasteiger partial charge in [0.15, 0.2) is 0 Å². The molecule has 0 amide bonds. The average molecular weight is 315 g/mol. The molecule has 2 nitrogen and oxygen atoms in total. The predicted octanol–water partition coefficient (Wildman–Crippen LogP) is 5.39. The van der Waals surface area contributed by atoms with Crippen molar-refractivity contribution in [2.75, 3.05) is 0 Å². The quantitative estimate of drug-likeness (QED) is 0.604. The molecule has 0 aliphatic rings. The fraction of sp³-hybridized carbons (Fsp3) is 0.176. The summed E-state index contributed by atoms with van der Waals surface area (Å²) in [6.07, 6.45) is 1.87. The van der Waals surface area contributed by atoms with Gasteiger partial charge in [-0.05, 0) is 29.3 Å². The molecule has 0 spiro atoms. The Morgan fingerprint density at radius 2 is 1.81 bits per heavy atom. The zero-order chi connectivity index (χ0) is 14.7. The number of halogens is 1. The zero-order valence-electron chi connectivity index (χ0n) is 11.7. The van der Waals surface area contributed by atoms with E-state index in [1.165, 1.54) is 10.8 Å². The van der Waals surface area contributed by atoms with Gasteiger partial charge in [-0.1, -0.05) is 60.6 Å². The van der Waals surface area contributed by atoms with Gasteiger partial charge in [0.1, 0.15) is 16.0 Å². The van der Waals surface area contributed by atoms with E-state index >= 15 is 0 Å². The predicted molar refractivity (Wildman–Crippen MR) is 89.1 cm³/mol. The van der Waals surface area contributed by atoms with E-state index in [1.54, 1.807) is 11.8 Å². The highest BCUT2D eigenvalue weighted by Crippen LogP contribution is 2.30. The average Bonchev–Trinajstić information content (AvgIpc) is 2.47. The maximum absolute atomic E-state index is 6.08. The molecule has 0 saturated carbocycles. The van der Waals surface area contributed by atoms with E-state index in [9.17, 15) is 0 Å². The van der Waals surface area contributed by atoms with Crippen molar-refractivity contribution in [2.24, 2.45) is 0 Å². The fourth-order valence-corrected chi connectivity index (χ4v) is 3.33. The summed E-state index contributed by atoms with van der Waals surface area (Å²) >= 11 is 7.70. The summed E-state index contributed by atoms with van der Waals surface area (Å²) in [5, 5.41) is 3.89. The molecule has 21 heavy (non-hydrogen) atoms. The first-order valence-electron chi connectivity index (χ1n) is 6.95. The first-order valence-corrected chi connectivity index (χ1v) is 8.14. The van der Waals surface area contributed by atoms with Gasteiger partial charge in [0.05, 0.1) is 0 Å². The molecule has 0 radical (unpaired) electrons. The van der Waals surface area contributed by atoms with E-state index < -0.39 is 0 Å². The Morgan fingerprint density at radius 1 is 1.00 bits per heavy atom. The number of hydrogen-bond donors (Lipinski definition) is 0. The standard InChI is InChI=1S/C17H15ClN2S/c1-2-5-16-19-15(18)11-17(20-16)21-14-9-8-12-6-3-4-7-13(12)10-14/h3-4,6-11H,2,5H2,1H3. The van der Waals surface area contributed by atoms with Gasteiger partial charge in [-0.25, -0.2) is 9.97 Å². The van der Waals surface area contributed by atoms with E-state index in [1.807, 2.05) is 6.07 Å². The molecule has 1 heterocycles. The van der Waals surface area contributed by atoms with Crippen LogP contribution < -0.4 is 0 Å². The molecule has 0 N–H and O–H groups in total. The monoisotopic (exact) mass is 314 g/mol. The second-order valence-electron chi connectivity index (χ2n) is 4.81. The highest BCUT2D eigenvalue weighted by Gasteiger charge is 2.05. The van der Waals surface area contributed by atoms with Gasteiger partial charge >= 0.3 is 0 Å². The summed E-state index contributed by atoms with van der Waals surface area (Å²) in [6, 6.07) is 16.6. The van der Waals surface area contributed by atoms with Crippen molar-refractivity contribution in [3.05, 3.63) is 59.5 Å². The van der Waals surface area contributed by atoms with Crippen molar-refractivity contribution in [3.8, 4) is 0 Å². The Kier molecular flexibility index (Phi) is 4.42. The summed E-state index contributed by atoms with van der Waals surface area (Å²) in [5.74, 6) is 0.813. The molecule has 106 valence electrons. The van der Waals surface area contributed by atoms with Crippen LogP contribution in [0.25, 0.3) is 10.8 Å². The molecular weight excluding hydrogens is 300 g/mol. The summed E-state index contributed by atoms with van der Waals surface area (Å²) in [4.78, 5) is 9.98. The fourth-order valence-electron chi connectivity index (χ4n) is 2.18. The normalized spacial score (nSPS) is 11.0. The van der Waals surface area contributed by atoms with Crippen LogP contribution in [-0.2, 0) is 6.42 Å². The van der Waals surface area contributed by atoms with E-state index in [-0.39, 0.29) is 0 Å². The Bertz CT molecular complexity index is 774. The highest BCUT2D eigenvalue weighted by atomic mass is 35.5. The van der Waals surface area contributed by atoms with E-state index in [4.69, 9.17) is 11.6 Å². The molecule has 0 bridgehead atoms. The summed E-state index contributed by atoms with van der Waals surface area (Å²) in [6.45, 7) is 2.11. The maximum atomic E-state index is 6.08. The number of benzene rings is 2. The van der Waals surface area contributed by atoms with Crippen molar-refractivity contribution in [3.63, 3.8) is 0 Å². The van der Waals surface area contributed by atoms with Crippen molar-refractivity contribution in [2.45, 2.75) is 29.7 Å². The molecule has 3 rings (SSSR count). The van der Waals surface area contributed by atoms with Crippen LogP contribution in [0.3, 0.4) is 0 Å². The second-order valence-corrected chi connectivity index (χ2v) is 6.29. The largest absolute Gasteiger partial charge is 0.226 e. The van der Waals surface area contributed by atoms with E-state index in [0.717, 1.165) is 28.6 Å². The van der Waals surface area contributed by atoms with Crippen LogP contribution in [0.1, 0.15) is 19.2 Å². The smallest absolute Gasteiger partial charge is 0.133 e. The summed E-state index contributed by atoms with van der Waals surface area (Å²) in [7, 11) is 0. The number of nitrogens with zero attached hydrogens (tertiary/aromatic N) is 2. The third-order valence-corrected chi connectivity index (χ3v) is 4.24. The van der Waals surface area contributed by atoms with Crippen LogP contribution in [0, 0.1) is 0 Å². The molecule has 0 fully saturated rings. The molecule has 0 saturated heterocycles. The molecule has 2 aromatic carbocycles. The first kappa shape index (κ1) is 14.4. The zero-order valence-corrected chi connectivity index (χ0v) is 13.3. The van der Waals surface area contributed by atoms with Gasteiger partial charge in [-0.2, -0.15) is 0 Å². The third-order valence-electron chi connectivity index (χ3n) is 3.13. The number of rotatable bonds is 4. The molecule has 0 atom stereocenters. The van der Waals surface area contributed by atoms with Crippen LogP contribution in [0.5, 0.6) is 0 Å². The number of hydrogen-bond acceptors (Lipinski definition) is 3. The van der Waals surface area contributed by atoms with E-state index in [0.29, 0.717) is 5.15 Å². The molecular formula is C17H15ClN2S. The van der Waals surface area contributed by atoms with Crippen molar-refractivity contribution in [1.82, 2.24) is 9.97 Å². The molecule has 0 aliphatic heterocycles. The maximum Gasteiger partial charge on any atom is 0.133 e. The SMILES string of the molecule is CCCc1nc(Cl)cc(Sc2ccc3ccccc3c2)n1. The molecule has 4 heteroatoms. The number of fused-ring (bicyclic) bond motifs is 1. The topological polar surface area (TPSA) is 25.8 Å². The number of aromatic nitrogens is 2. The van der Waals surface area contributed by atoms with E-state index in [2.05, 4.69) is 59.4 Å². The Labute approximate surface area is 133 Å². The van der Waals surface area contributed by atoms with Gasteiger partial charge in [-0.15, -0.1) is 0 Å². The van der Waals surface area contributed by atoms with Gasteiger partial charge in [0.25, 0.3) is 0 Å². The second kappa shape index (κ2) is 6.46. The minimum atomic E-state index is 0.511. The van der Waals surface area contributed by atoms with Gasteiger partial charge in [0.2, 0.25) is 0 Å².